The second-order valence-electron chi connectivity index (χ2n) is 5.55. The van der Waals surface area contributed by atoms with Crippen LogP contribution in [0.25, 0.3) is 0 Å². The number of hydrogen-bond acceptors (Lipinski definition) is 3. The van der Waals surface area contributed by atoms with Crippen LogP contribution >= 0.6 is 0 Å². The molecular weight excluding hydrogens is 246 g/mol. The number of pyridine rings is 2. The van der Waals surface area contributed by atoms with Gasteiger partial charge in [0.1, 0.15) is 0 Å². The van der Waals surface area contributed by atoms with Gasteiger partial charge in [-0.25, -0.2) is 0 Å². The molecule has 2 aromatic heterocycles. The van der Waals surface area contributed by atoms with Crippen molar-refractivity contribution in [2.24, 2.45) is 0 Å². The average Bonchev–Trinajstić information content (AvgIpc) is 2.50. The maximum atomic E-state index is 4.67. The van der Waals surface area contributed by atoms with Crippen LogP contribution in [-0.2, 0) is 6.42 Å². The molecular formula is C17H21N3. The number of likely N-dealkylation sites (N-methyl/N-ethyl adjacent to an activating group) is 1. The summed E-state index contributed by atoms with van der Waals surface area (Å²) in [7, 11) is 2.04. The summed E-state index contributed by atoms with van der Waals surface area (Å²) in [4.78, 5) is 8.88. The molecule has 0 bridgehead atoms. The summed E-state index contributed by atoms with van der Waals surface area (Å²) in [6, 6.07) is 6.72. The molecule has 2 atom stereocenters. The van der Waals surface area contributed by atoms with E-state index in [-0.39, 0.29) is 0 Å². The number of nitrogens with zero attached hydrogens (tertiary/aromatic N) is 2. The summed E-state index contributed by atoms with van der Waals surface area (Å²) < 4.78 is 0. The van der Waals surface area contributed by atoms with Crippen molar-refractivity contribution in [2.75, 3.05) is 7.05 Å². The van der Waals surface area contributed by atoms with Gasteiger partial charge in [-0.1, -0.05) is 6.07 Å². The van der Waals surface area contributed by atoms with Crippen molar-refractivity contribution in [1.82, 2.24) is 15.3 Å². The van der Waals surface area contributed by atoms with Crippen molar-refractivity contribution in [3.63, 3.8) is 0 Å². The molecule has 0 fully saturated rings. The molecule has 1 N–H and O–H groups in total. The molecule has 104 valence electrons. The van der Waals surface area contributed by atoms with E-state index >= 15 is 0 Å². The third-order valence-electron chi connectivity index (χ3n) is 4.35. The Morgan fingerprint density at radius 3 is 3.00 bits per heavy atom. The van der Waals surface area contributed by atoms with Gasteiger partial charge in [0.2, 0.25) is 0 Å². The zero-order valence-electron chi connectivity index (χ0n) is 12.1. The third kappa shape index (κ3) is 2.34. The van der Waals surface area contributed by atoms with Crippen LogP contribution in [0, 0.1) is 6.92 Å². The molecule has 2 unspecified atom stereocenters. The van der Waals surface area contributed by atoms with E-state index in [9.17, 15) is 0 Å². The zero-order chi connectivity index (χ0) is 13.9. The molecule has 0 spiro atoms. The van der Waals surface area contributed by atoms with Crippen LogP contribution in [-0.4, -0.2) is 17.0 Å². The molecule has 0 radical (unpaired) electrons. The maximum Gasteiger partial charge on any atom is 0.0485 e. The summed E-state index contributed by atoms with van der Waals surface area (Å²) in [5, 5.41) is 3.50. The molecule has 1 aliphatic rings. The van der Waals surface area contributed by atoms with Crippen molar-refractivity contribution >= 4 is 0 Å². The highest BCUT2D eigenvalue weighted by molar-refractivity contribution is 5.33. The van der Waals surface area contributed by atoms with E-state index in [0.29, 0.717) is 12.0 Å². The Bertz CT molecular complexity index is 594. The van der Waals surface area contributed by atoms with Crippen LogP contribution in [0.3, 0.4) is 0 Å². The minimum absolute atomic E-state index is 0.312. The number of aryl methyl sites for hydroxylation is 2. The van der Waals surface area contributed by atoms with Crippen molar-refractivity contribution in [3.05, 3.63) is 59.2 Å². The quantitative estimate of drug-likeness (QED) is 0.928. The number of aromatic nitrogens is 2. The van der Waals surface area contributed by atoms with E-state index in [1.54, 1.807) is 0 Å². The number of nitrogens with one attached hydrogen (secondary N) is 1. The van der Waals surface area contributed by atoms with Gasteiger partial charge in [-0.05, 0) is 62.1 Å². The van der Waals surface area contributed by atoms with E-state index in [4.69, 9.17) is 0 Å². The average molecular weight is 267 g/mol. The lowest BCUT2D eigenvalue weighted by Gasteiger charge is -2.32. The first-order valence-corrected chi connectivity index (χ1v) is 7.33. The van der Waals surface area contributed by atoms with E-state index in [1.807, 2.05) is 31.7 Å². The Morgan fingerprint density at radius 1 is 1.30 bits per heavy atom. The van der Waals surface area contributed by atoms with Gasteiger partial charge >= 0.3 is 0 Å². The van der Waals surface area contributed by atoms with Crippen LogP contribution in [0.2, 0.25) is 0 Å². The lowest BCUT2D eigenvalue weighted by molar-refractivity contribution is 0.414. The van der Waals surface area contributed by atoms with Gasteiger partial charge in [0.15, 0.2) is 0 Å². The lowest BCUT2D eigenvalue weighted by Crippen LogP contribution is -2.28. The van der Waals surface area contributed by atoms with Gasteiger partial charge < -0.3 is 5.32 Å². The van der Waals surface area contributed by atoms with Crippen molar-refractivity contribution in [3.8, 4) is 0 Å². The molecule has 0 saturated carbocycles. The molecule has 2 aromatic rings. The zero-order valence-corrected chi connectivity index (χ0v) is 12.1. The SMILES string of the molecule is CNC(c1ccncc1C)C1CCCc2cccnc21. The second-order valence-corrected chi connectivity index (χ2v) is 5.55. The predicted octanol–water partition coefficient (Wildman–Crippen LogP) is 3.17. The standard InChI is InChI=1S/C17H21N3/c1-12-11-19-10-8-14(12)17(18-2)15-7-3-5-13-6-4-9-20-16(13)15/h4,6,8-11,15,17-18H,3,5,7H2,1-2H3. The lowest BCUT2D eigenvalue weighted by atomic mass is 9.79. The number of rotatable bonds is 3. The second kappa shape index (κ2) is 5.71. The first-order valence-electron chi connectivity index (χ1n) is 7.33. The van der Waals surface area contributed by atoms with Gasteiger partial charge in [0, 0.05) is 36.2 Å². The number of fused-ring (bicyclic) bond motifs is 1. The molecule has 3 rings (SSSR count). The molecule has 2 heterocycles. The van der Waals surface area contributed by atoms with Crippen LogP contribution in [0.4, 0.5) is 0 Å². The number of hydrogen-bond donors (Lipinski definition) is 1. The van der Waals surface area contributed by atoms with E-state index < -0.39 is 0 Å². The first-order chi connectivity index (χ1) is 9.81. The third-order valence-corrected chi connectivity index (χ3v) is 4.35. The van der Waals surface area contributed by atoms with Crippen LogP contribution in [0.5, 0.6) is 0 Å². The summed E-state index contributed by atoms with van der Waals surface area (Å²) in [6.45, 7) is 2.13. The highest BCUT2D eigenvalue weighted by Gasteiger charge is 2.29. The topological polar surface area (TPSA) is 37.8 Å². The minimum Gasteiger partial charge on any atom is -0.312 e. The molecule has 3 nitrogen and oxygen atoms in total. The predicted molar refractivity (Wildman–Crippen MR) is 80.7 cm³/mol. The van der Waals surface area contributed by atoms with Gasteiger partial charge in [-0.2, -0.15) is 0 Å². The molecule has 1 aliphatic carbocycles. The Kier molecular flexibility index (Phi) is 3.79. The first kappa shape index (κ1) is 13.3. The van der Waals surface area contributed by atoms with Crippen LogP contribution in [0.1, 0.15) is 47.2 Å². The van der Waals surface area contributed by atoms with E-state index in [1.165, 1.54) is 35.2 Å². The highest BCUT2D eigenvalue weighted by Crippen LogP contribution is 2.39. The van der Waals surface area contributed by atoms with E-state index in [0.717, 1.165) is 6.42 Å². The fourth-order valence-electron chi connectivity index (χ4n) is 3.38. The molecule has 0 amide bonds. The fraction of sp³-hybridized carbons (Fsp3) is 0.412. The molecule has 0 saturated heterocycles. The monoisotopic (exact) mass is 267 g/mol. The molecule has 0 aliphatic heterocycles. The van der Waals surface area contributed by atoms with Crippen molar-refractivity contribution in [1.29, 1.82) is 0 Å². The Balaban J connectivity index is 2.01. The van der Waals surface area contributed by atoms with Gasteiger partial charge in [0.25, 0.3) is 0 Å². The summed E-state index contributed by atoms with van der Waals surface area (Å²) in [6.07, 6.45) is 9.34. The van der Waals surface area contributed by atoms with Gasteiger partial charge in [0.05, 0.1) is 0 Å². The smallest absolute Gasteiger partial charge is 0.0485 e. The van der Waals surface area contributed by atoms with Crippen molar-refractivity contribution in [2.45, 2.75) is 38.1 Å². The summed E-state index contributed by atoms with van der Waals surface area (Å²) >= 11 is 0. The molecule has 3 heteroatoms. The normalized spacial score (nSPS) is 19.4. The van der Waals surface area contributed by atoms with Crippen LogP contribution in [0.15, 0.2) is 36.8 Å². The summed E-state index contributed by atoms with van der Waals surface area (Å²) in [5.74, 6) is 0.450. The van der Waals surface area contributed by atoms with Gasteiger partial charge in [-0.3, -0.25) is 9.97 Å². The minimum atomic E-state index is 0.312. The van der Waals surface area contributed by atoms with E-state index in [2.05, 4.69) is 34.3 Å². The highest BCUT2D eigenvalue weighted by atomic mass is 14.9. The fourth-order valence-corrected chi connectivity index (χ4v) is 3.38. The Hall–Kier alpha value is -1.74. The molecule has 20 heavy (non-hydrogen) atoms. The summed E-state index contributed by atoms with van der Waals surface area (Å²) in [5.41, 5.74) is 5.27. The van der Waals surface area contributed by atoms with Gasteiger partial charge in [-0.15, -0.1) is 0 Å². The maximum absolute atomic E-state index is 4.67. The molecule has 0 aromatic carbocycles. The largest absolute Gasteiger partial charge is 0.312 e. The Labute approximate surface area is 120 Å². The van der Waals surface area contributed by atoms with Crippen molar-refractivity contribution < 1.29 is 0 Å². The van der Waals surface area contributed by atoms with Crippen LogP contribution < -0.4 is 5.32 Å². The Morgan fingerprint density at radius 2 is 2.20 bits per heavy atom.